The van der Waals surface area contributed by atoms with Gasteiger partial charge >= 0.3 is 12.1 Å². The standard InChI is InChI=1S/C14H19N5O3/c20-12(18-9-6-15-7-10-18)17-14(4-8-19(14)13(21)22)11-3-1-2-5-16-11/h1-3,5,15H,4,6-10H2,(H,17,20)(H,21,22). The number of pyridine rings is 1. The highest BCUT2D eigenvalue weighted by molar-refractivity contribution is 5.77. The molecule has 3 rings (SSSR count). The van der Waals surface area contributed by atoms with Crippen molar-refractivity contribution in [3.05, 3.63) is 30.1 Å². The van der Waals surface area contributed by atoms with E-state index in [-0.39, 0.29) is 6.03 Å². The first-order valence-electron chi connectivity index (χ1n) is 7.33. The zero-order valence-electron chi connectivity index (χ0n) is 12.2. The van der Waals surface area contributed by atoms with Gasteiger partial charge in [0, 0.05) is 45.3 Å². The average molecular weight is 305 g/mol. The molecule has 118 valence electrons. The molecule has 2 fully saturated rings. The molecule has 0 aromatic carbocycles. The van der Waals surface area contributed by atoms with Crippen LogP contribution in [0.25, 0.3) is 0 Å². The number of carboxylic acid groups (broad SMARTS) is 1. The third-order valence-corrected chi connectivity index (χ3v) is 4.20. The number of carbonyl (C=O) groups excluding carboxylic acids is 1. The van der Waals surface area contributed by atoms with Crippen LogP contribution in [0.2, 0.25) is 0 Å². The van der Waals surface area contributed by atoms with E-state index in [4.69, 9.17) is 0 Å². The van der Waals surface area contributed by atoms with Crippen LogP contribution in [0.15, 0.2) is 24.4 Å². The van der Waals surface area contributed by atoms with Crippen LogP contribution in [0, 0.1) is 0 Å². The molecule has 2 aliphatic rings. The van der Waals surface area contributed by atoms with Crippen LogP contribution in [-0.2, 0) is 5.66 Å². The Morgan fingerprint density at radius 1 is 1.27 bits per heavy atom. The maximum Gasteiger partial charge on any atom is 0.409 e. The fourth-order valence-corrected chi connectivity index (χ4v) is 2.90. The van der Waals surface area contributed by atoms with Gasteiger partial charge < -0.3 is 20.6 Å². The summed E-state index contributed by atoms with van der Waals surface area (Å²) < 4.78 is 0. The molecule has 8 nitrogen and oxygen atoms in total. The summed E-state index contributed by atoms with van der Waals surface area (Å²) in [7, 11) is 0. The number of carbonyl (C=O) groups is 2. The van der Waals surface area contributed by atoms with E-state index in [2.05, 4.69) is 15.6 Å². The Bertz CT molecular complexity index is 561. The molecule has 0 bridgehead atoms. The van der Waals surface area contributed by atoms with Crippen LogP contribution in [0.1, 0.15) is 12.1 Å². The summed E-state index contributed by atoms with van der Waals surface area (Å²) in [6.45, 7) is 3.08. The third kappa shape index (κ3) is 2.45. The smallest absolute Gasteiger partial charge is 0.409 e. The highest BCUT2D eigenvalue weighted by Gasteiger charge is 2.52. The molecule has 0 aliphatic carbocycles. The SMILES string of the molecule is O=C(NC1(c2ccccn2)CCN1C(=O)O)N1CCNCC1. The summed E-state index contributed by atoms with van der Waals surface area (Å²) in [5, 5.41) is 15.4. The molecule has 1 unspecified atom stereocenters. The lowest BCUT2D eigenvalue weighted by Gasteiger charge is -2.51. The summed E-state index contributed by atoms with van der Waals surface area (Å²) in [5.74, 6) is 0. The van der Waals surface area contributed by atoms with Crippen LogP contribution in [0.5, 0.6) is 0 Å². The fraction of sp³-hybridized carbons (Fsp3) is 0.500. The number of piperazine rings is 1. The van der Waals surface area contributed by atoms with Crippen molar-refractivity contribution < 1.29 is 14.7 Å². The van der Waals surface area contributed by atoms with Crippen LogP contribution in [-0.4, -0.2) is 64.7 Å². The molecule has 2 aliphatic heterocycles. The Kier molecular flexibility index (Phi) is 3.84. The Hall–Kier alpha value is -2.35. The van der Waals surface area contributed by atoms with Gasteiger partial charge in [-0.1, -0.05) is 6.07 Å². The van der Waals surface area contributed by atoms with Gasteiger partial charge in [-0.25, -0.2) is 9.59 Å². The molecule has 0 saturated carbocycles. The second kappa shape index (κ2) is 5.80. The van der Waals surface area contributed by atoms with Gasteiger partial charge in [0.25, 0.3) is 0 Å². The van der Waals surface area contributed by atoms with E-state index < -0.39 is 11.8 Å². The van der Waals surface area contributed by atoms with Crippen molar-refractivity contribution in [2.45, 2.75) is 12.1 Å². The molecule has 3 N–H and O–H groups in total. The Morgan fingerprint density at radius 2 is 2.05 bits per heavy atom. The van der Waals surface area contributed by atoms with Crippen LogP contribution in [0.3, 0.4) is 0 Å². The number of aromatic nitrogens is 1. The number of amides is 3. The van der Waals surface area contributed by atoms with E-state index in [1.165, 1.54) is 4.90 Å². The van der Waals surface area contributed by atoms with Gasteiger partial charge in [-0.2, -0.15) is 0 Å². The predicted molar refractivity (Wildman–Crippen MR) is 78.2 cm³/mol. The number of likely N-dealkylation sites (tertiary alicyclic amines) is 1. The van der Waals surface area contributed by atoms with Crippen molar-refractivity contribution in [2.75, 3.05) is 32.7 Å². The lowest BCUT2D eigenvalue weighted by atomic mass is 9.90. The number of nitrogens with zero attached hydrogens (tertiary/aromatic N) is 3. The van der Waals surface area contributed by atoms with Crippen molar-refractivity contribution in [3.63, 3.8) is 0 Å². The summed E-state index contributed by atoms with van der Waals surface area (Å²) >= 11 is 0. The van der Waals surface area contributed by atoms with Crippen molar-refractivity contribution in [1.82, 2.24) is 25.4 Å². The van der Waals surface area contributed by atoms with E-state index in [0.29, 0.717) is 31.7 Å². The monoisotopic (exact) mass is 305 g/mol. The van der Waals surface area contributed by atoms with Crippen molar-refractivity contribution >= 4 is 12.1 Å². The van der Waals surface area contributed by atoms with E-state index in [9.17, 15) is 14.7 Å². The topological polar surface area (TPSA) is 97.8 Å². The maximum atomic E-state index is 12.5. The largest absolute Gasteiger partial charge is 0.465 e. The Morgan fingerprint density at radius 3 is 2.59 bits per heavy atom. The first-order valence-corrected chi connectivity index (χ1v) is 7.33. The summed E-state index contributed by atoms with van der Waals surface area (Å²) in [4.78, 5) is 31.1. The molecular weight excluding hydrogens is 286 g/mol. The highest BCUT2D eigenvalue weighted by atomic mass is 16.4. The van der Waals surface area contributed by atoms with Gasteiger partial charge in [0.2, 0.25) is 0 Å². The van der Waals surface area contributed by atoms with Gasteiger partial charge in [0.15, 0.2) is 5.66 Å². The molecule has 0 spiro atoms. The second-order valence-corrected chi connectivity index (χ2v) is 5.43. The zero-order chi connectivity index (χ0) is 15.6. The van der Waals surface area contributed by atoms with E-state index in [1.807, 2.05) is 0 Å². The van der Waals surface area contributed by atoms with Crippen molar-refractivity contribution in [2.24, 2.45) is 0 Å². The van der Waals surface area contributed by atoms with Crippen molar-refractivity contribution in [1.29, 1.82) is 0 Å². The molecule has 1 aromatic rings. The third-order valence-electron chi connectivity index (χ3n) is 4.20. The minimum atomic E-state index is -1.06. The first-order chi connectivity index (χ1) is 10.6. The van der Waals surface area contributed by atoms with E-state index >= 15 is 0 Å². The highest BCUT2D eigenvalue weighted by Crippen LogP contribution is 2.37. The van der Waals surface area contributed by atoms with Crippen LogP contribution < -0.4 is 10.6 Å². The Labute approximate surface area is 128 Å². The summed E-state index contributed by atoms with van der Waals surface area (Å²) in [6, 6.07) is 5.05. The normalized spacial score (nSPS) is 24.5. The molecular formula is C14H19N5O3. The van der Waals surface area contributed by atoms with E-state index in [0.717, 1.165) is 13.1 Å². The molecule has 1 atom stereocenters. The zero-order valence-corrected chi connectivity index (χ0v) is 12.2. The number of nitrogens with one attached hydrogen (secondary N) is 2. The summed E-state index contributed by atoms with van der Waals surface area (Å²) in [6.07, 6.45) is 1.07. The molecule has 22 heavy (non-hydrogen) atoms. The maximum absolute atomic E-state index is 12.5. The molecule has 8 heteroatoms. The van der Waals surface area contributed by atoms with Gasteiger partial charge in [-0.05, 0) is 12.1 Å². The molecule has 3 amide bonds. The fourth-order valence-electron chi connectivity index (χ4n) is 2.90. The molecule has 1 aromatic heterocycles. The van der Waals surface area contributed by atoms with Gasteiger partial charge in [0.05, 0.1) is 5.69 Å². The average Bonchev–Trinajstić information content (AvgIpc) is 2.52. The number of rotatable bonds is 2. The molecule has 2 saturated heterocycles. The quantitative estimate of drug-likeness (QED) is 0.727. The Balaban J connectivity index is 1.83. The number of hydrogen-bond acceptors (Lipinski definition) is 4. The lowest BCUT2D eigenvalue weighted by molar-refractivity contribution is -0.0260. The lowest BCUT2D eigenvalue weighted by Crippen LogP contribution is -2.70. The number of urea groups is 1. The first kappa shape index (κ1) is 14.6. The predicted octanol–water partition coefficient (Wildman–Crippen LogP) is 0.233. The molecule has 3 heterocycles. The van der Waals surface area contributed by atoms with Crippen LogP contribution >= 0.6 is 0 Å². The minimum absolute atomic E-state index is 0.252. The van der Waals surface area contributed by atoms with Gasteiger partial charge in [-0.15, -0.1) is 0 Å². The number of hydrogen-bond donors (Lipinski definition) is 3. The summed E-state index contributed by atoms with van der Waals surface area (Å²) in [5.41, 5.74) is -0.512. The van der Waals surface area contributed by atoms with E-state index in [1.54, 1.807) is 29.3 Å². The minimum Gasteiger partial charge on any atom is -0.465 e. The molecule has 0 radical (unpaired) electrons. The van der Waals surface area contributed by atoms with Crippen molar-refractivity contribution in [3.8, 4) is 0 Å². The van der Waals surface area contributed by atoms with Gasteiger partial charge in [0.1, 0.15) is 0 Å². The van der Waals surface area contributed by atoms with Crippen LogP contribution in [0.4, 0.5) is 9.59 Å². The van der Waals surface area contributed by atoms with Gasteiger partial charge in [-0.3, -0.25) is 9.88 Å². The second-order valence-electron chi connectivity index (χ2n) is 5.43.